The van der Waals surface area contributed by atoms with Gasteiger partial charge in [-0.25, -0.2) is 0 Å². The maximum atomic E-state index is 13.7. The Hall–Kier alpha value is -4.70. The summed E-state index contributed by atoms with van der Waals surface area (Å²) in [6, 6.07) is 25.9. The fraction of sp³-hybridized carbons (Fsp3) is 0.290. The molecule has 3 aromatic carbocycles. The van der Waals surface area contributed by atoms with Gasteiger partial charge in [-0.3, -0.25) is 19.8 Å². The van der Waals surface area contributed by atoms with Crippen molar-refractivity contribution in [1.82, 2.24) is 26.6 Å². The van der Waals surface area contributed by atoms with Crippen LogP contribution < -0.4 is 32.3 Å². The third-order valence-electron chi connectivity index (χ3n) is 6.53. The van der Waals surface area contributed by atoms with Crippen molar-refractivity contribution in [3.63, 3.8) is 0 Å². The van der Waals surface area contributed by atoms with Crippen LogP contribution in [0.5, 0.6) is 0 Å². The van der Waals surface area contributed by atoms with Crippen LogP contribution >= 0.6 is 0 Å². The zero-order chi connectivity index (χ0) is 29.5. The first-order valence-electron chi connectivity index (χ1n) is 13.6. The SMILES string of the molecule is CNC(=O)CNCc1ccc(CNC(=O)[C@@H](CCCNC(=N)N)NC(=O)C(c2ccccc2)c2ccccc2)cc1. The summed E-state index contributed by atoms with van der Waals surface area (Å²) in [6.45, 7) is 1.49. The number of benzene rings is 3. The molecule has 10 nitrogen and oxygen atoms in total. The molecule has 3 aromatic rings. The van der Waals surface area contributed by atoms with E-state index in [0.717, 1.165) is 22.3 Å². The number of likely N-dealkylation sites (N-methyl/N-ethyl adjacent to an activating group) is 1. The molecule has 0 aliphatic rings. The molecular weight excluding hydrogens is 518 g/mol. The maximum absolute atomic E-state index is 13.7. The van der Waals surface area contributed by atoms with Gasteiger partial charge in [-0.1, -0.05) is 84.9 Å². The lowest BCUT2D eigenvalue weighted by Gasteiger charge is -2.23. The van der Waals surface area contributed by atoms with Crippen molar-refractivity contribution in [1.29, 1.82) is 5.41 Å². The number of nitrogens with two attached hydrogens (primary N) is 1. The summed E-state index contributed by atoms with van der Waals surface area (Å²) in [5, 5.41) is 21.7. The van der Waals surface area contributed by atoms with Crippen molar-refractivity contribution in [2.24, 2.45) is 5.73 Å². The Bertz CT molecular complexity index is 1230. The minimum absolute atomic E-state index is 0.0816. The molecule has 216 valence electrons. The third kappa shape index (κ3) is 10.4. The molecule has 3 amide bonds. The van der Waals surface area contributed by atoms with Gasteiger partial charge >= 0.3 is 0 Å². The minimum Gasteiger partial charge on any atom is -0.370 e. The quantitative estimate of drug-likeness (QED) is 0.0855. The monoisotopic (exact) mass is 557 g/mol. The zero-order valence-electron chi connectivity index (χ0n) is 23.3. The van der Waals surface area contributed by atoms with Crippen LogP contribution in [0, 0.1) is 5.41 Å². The zero-order valence-corrected chi connectivity index (χ0v) is 23.3. The Balaban J connectivity index is 1.67. The highest BCUT2D eigenvalue weighted by molar-refractivity contribution is 5.92. The van der Waals surface area contributed by atoms with Crippen LogP contribution in [0.4, 0.5) is 0 Å². The van der Waals surface area contributed by atoms with Crippen molar-refractivity contribution in [3.8, 4) is 0 Å². The molecule has 0 bridgehead atoms. The normalized spacial score (nSPS) is 11.4. The first kappa shape index (κ1) is 30.8. The van der Waals surface area contributed by atoms with Crippen molar-refractivity contribution in [3.05, 3.63) is 107 Å². The van der Waals surface area contributed by atoms with Crippen molar-refractivity contribution in [2.45, 2.75) is 37.9 Å². The number of carbonyl (C=O) groups excluding carboxylic acids is 3. The number of guanidine groups is 1. The molecule has 0 aliphatic carbocycles. The van der Waals surface area contributed by atoms with E-state index < -0.39 is 12.0 Å². The molecule has 0 fully saturated rings. The highest BCUT2D eigenvalue weighted by Crippen LogP contribution is 2.25. The number of hydrogen-bond donors (Lipinski definition) is 7. The molecule has 0 saturated carbocycles. The Morgan fingerprint density at radius 2 is 1.34 bits per heavy atom. The van der Waals surface area contributed by atoms with E-state index in [0.29, 0.717) is 32.5 Å². The second-order valence-electron chi connectivity index (χ2n) is 9.61. The lowest BCUT2D eigenvalue weighted by Crippen LogP contribution is -2.48. The predicted octanol–water partition coefficient (Wildman–Crippen LogP) is 1.72. The van der Waals surface area contributed by atoms with Crippen LogP contribution in [0.25, 0.3) is 0 Å². The van der Waals surface area contributed by atoms with Gasteiger partial charge < -0.3 is 32.3 Å². The Labute approximate surface area is 241 Å². The molecule has 41 heavy (non-hydrogen) atoms. The van der Waals surface area contributed by atoms with E-state index in [1.54, 1.807) is 7.05 Å². The summed E-state index contributed by atoms with van der Waals surface area (Å²) in [6.07, 6.45) is 0.890. The van der Waals surface area contributed by atoms with Gasteiger partial charge in [0.25, 0.3) is 0 Å². The first-order valence-corrected chi connectivity index (χ1v) is 13.6. The van der Waals surface area contributed by atoms with Crippen LogP contribution in [0.3, 0.4) is 0 Å². The van der Waals surface area contributed by atoms with Gasteiger partial charge in [0.2, 0.25) is 17.7 Å². The van der Waals surface area contributed by atoms with E-state index in [1.807, 2.05) is 84.9 Å². The van der Waals surface area contributed by atoms with Gasteiger partial charge in [0, 0.05) is 26.7 Å². The van der Waals surface area contributed by atoms with E-state index in [1.165, 1.54) is 0 Å². The predicted molar refractivity (Wildman–Crippen MR) is 160 cm³/mol. The first-order chi connectivity index (χ1) is 19.9. The lowest BCUT2D eigenvalue weighted by atomic mass is 9.90. The summed E-state index contributed by atoms with van der Waals surface area (Å²) in [5.41, 5.74) is 8.97. The molecule has 0 heterocycles. The van der Waals surface area contributed by atoms with Gasteiger partial charge in [0.15, 0.2) is 5.96 Å². The fourth-order valence-electron chi connectivity index (χ4n) is 4.34. The van der Waals surface area contributed by atoms with Crippen LogP contribution in [-0.2, 0) is 27.5 Å². The standard InChI is InChI=1S/C31H39N7O3/c1-34-27(39)21-35-19-22-14-16-23(17-15-22)20-37-29(40)26(13-8-18-36-31(32)33)38-30(41)28(24-9-4-2-5-10-24)25-11-6-3-7-12-25/h2-7,9-12,14-17,26,28,35H,8,13,18-21H2,1H3,(H,34,39)(H,37,40)(H,38,41)(H4,32,33,36)/t26-/m1/s1. The van der Waals surface area contributed by atoms with Crippen molar-refractivity contribution in [2.75, 3.05) is 20.1 Å². The van der Waals surface area contributed by atoms with E-state index in [2.05, 4.69) is 26.6 Å². The number of rotatable bonds is 15. The molecule has 3 rings (SSSR count). The molecular formula is C31H39N7O3. The molecule has 8 N–H and O–H groups in total. The third-order valence-corrected chi connectivity index (χ3v) is 6.53. The van der Waals surface area contributed by atoms with Crippen LogP contribution in [-0.4, -0.2) is 49.9 Å². The average molecular weight is 558 g/mol. The van der Waals surface area contributed by atoms with E-state index in [4.69, 9.17) is 11.1 Å². The van der Waals surface area contributed by atoms with E-state index in [9.17, 15) is 14.4 Å². The van der Waals surface area contributed by atoms with E-state index >= 15 is 0 Å². The fourth-order valence-corrected chi connectivity index (χ4v) is 4.34. The Morgan fingerprint density at radius 3 is 1.88 bits per heavy atom. The van der Waals surface area contributed by atoms with Crippen molar-refractivity contribution >= 4 is 23.7 Å². The molecule has 0 aromatic heterocycles. The second-order valence-corrected chi connectivity index (χ2v) is 9.61. The minimum atomic E-state index is -0.778. The van der Waals surface area contributed by atoms with Crippen LogP contribution in [0.2, 0.25) is 0 Å². The second kappa shape index (κ2) is 16.4. The van der Waals surface area contributed by atoms with Gasteiger partial charge in [-0.2, -0.15) is 0 Å². The smallest absolute Gasteiger partial charge is 0.242 e. The highest BCUT2D eigenvalue weighted by Gasteiger charge is 2.27. The summed E-state index contributed by atoms with van der Waals surface area (Å²) < 4.78 is 0. The summed E-state index contributed by atoms with van der Waals surface area (Å²) in [5.74, 6) is -1.36. The van der Waals surface area contributed by atoms with Gasteiger partial charge in [0.1, 0.15) is 6.04 Å². The van der Waals surface area contributed by atoms with Crippen LogP contribution in [0.15, 0.2) is 84.9 Å². The number of amides is 3. The topological polar surface area (TPSA) is 161 Å². The van der Waals surface area contributed by atoms with Crippen LogP contribution in [0.1, 0.15) is 41.0 Å². The lowest BCUT2D eigenvalue weighted by molar-refractivity contribution is -0.129. The molecule has 0 saturated heterocycles. The number of nitrogens with one attached hydrogen (secondary N) is 6. The van der Waals surface area contributed by atoms with E-state index in [-0.39, 0.29) is 30.2 Å². The highest BCUT2D eigenvalue weighted by atomic mass is 16.2. The molecule has 1 atom stereocenters. The van der Waals surface area contributed by atoms with Crippen molar-refractivity contribution < 1.29 is 14.4 Å². The van der Waals surface area contributed by atoms with Gasteiger partial charge in [-0.15, -0.1) is 0 Å². The molecule has 0 aliphatic heterocycles. The number of hydrogen-bond acceptors (Lipinski definition) is 5. The largest absolute Gasteiger partial charge is 0.370 e. The summed E-state index contributed by atoms with van der Waals surface area (Å²) in [7, 11) is 1.59. The maximum Gasteiger partial charge on any atom is 0.242 e. The Morgan fingerprint density at radius 1 is 0.780 bits per heavy atom. The van der Waals surface area contributed by atoms with Gasteiger partial charge in [-0.05, 0) is 35.1 Å². The Kier molecular flexibility index (Phi) is 12.3. The number of carbonyl (C=O) groups is 3. The molecule has 0 unspecified atom stereocenters. The molecule has 10 heteroatoms. The molecule has 0 spiro atoms. The summed E-state index contributed by atoms with van der Waals surface area (Å²) >= 11 is 0. The van der Waals surface area contributed by atoms with Gasteiger partial charge in [0.05, 0.1) is 12.5 Å². The molecule has 0 radical (unpaired) electrons. The summed E-state index contributed by atoms with van der Waals surface area (Å²) in [4.78, 5) is 38.3. The average Bonchev–Trinajstić information content (AvgIpc) is 2.99.